The summed E-state index contributed by atoms with van der Waals surface area (Å²) in [6, 6.07) is 0.344. The second kappa shape index (κ2) is 9.99. The summed E-state index contributed by atoms with van der Waals surface area (Å²) >= 11 is 0. The van der Waals surface area contributed by atoms with Crippen LogP contribution in [0.25, 0.3) is 0 Å². The lowest BCUT2D eigenvalue weighted by molar-refractivity contribution is -0.129. The monoisotopic (exact) mass is 269 g/mol. The van der Waals surface area contributed by atoms with E-state index in [1.807, 2.05) is 27.7 Å². The molecular formula is C16H31NO2. The first-order valence-corrected chi connectivity index (χ1v) is 7.80. The zero-order valence-electron chi connectivity index (χ0n) is 13.3. The molecule has 0 spiro atoms. The Hall–Kier alpha value is -0.860. The maximum Gasteiger partial charge on any atom is 0.220 e. The number of carbonyl (C=O) groups excluding carboxylic acids is 2. The fraction of sp³-hybridized carbons (Fsp3) is 0.875. The molecule has 1 unspecified atom stereocenters. The Balaban J connectivity index is 0.00000154. The van der Waals surface area contributed by atoms with E-state index in [4.69, 9.17) is 0 Å². The van der Waals surface area contributed by atoms with E-state index in [9.17, 15) is 9.59 Å². The van der Waals surface area contributed by atoms with Crippen molar-refractivity contribution < 1.29 is 9.59 Å². The third-order valence-electron chi connectivity index (χ3n) is 3.70. The fourth-order valence-corrected chi connectivity index (χ4v) is 2.58. The zero-order valence-corrected chi connectivity index (χ0v) is 13.3. The van der Waals surface area contributed by atoms with Gasteiger partial charge in [0.15, 0.2) is 0 Å². The lowest BCUT2D eigenvalue weighted by Gasteiger charge is -2.24. The summed E-state index contributed by atoms with van der Waals surface area (Å²) in [6.07, 6.45) is 6.25. The maximum absolute atomic E-state index is 11.9. The summed E-state index contributed by atoms with van der Waals surface area (Å²) in [5.74, 6) is 0.285. The smallest absolute Gasteiger partial charge is 0.220 e. The molecule has 0 aromatic heterocycles. The first-order valence-electron chi connectivity index (χ1n) is 7.80. The van der Waals surface area contributed by atoms with E-state index >= 15 is 0 Å². The maximum atomic E-state index is 11.9. The minimum absolute atomic E-state index is 0.0470. The molecule has 1 fully saturated rings. The highest BCUT2D eigenvalue weighted by Crippen LogP contribution is 2.19. The van der Waals surface area contributed by atoms with Crippen LogP contribution in [0.4, 0.5) is 0 Å². The van der Waals surface area contributed by atoms with Crippen LogP contribution in [0, 0.1) is 11.8 Å². The Morgan fingerprint density at radius 3 is 2.05 bits per heavy atom. The lowest BCUT2D eigenvalue weighted by Crippen LogP contribution is -2.38. The van der Waals surface area contributed by atoms with Gasteiger partial charge in [-0.05, 0) is 25.7 Å². The van der Waals surface area contributed by atoms with Crippen LogP contribution in [0.5, 0.6) is 0 Å². The average molecular weight is 269 g/mol. The van der Waals surface area contributed by atoms with Crippen molar-refractivity contribution in [1.29, 1.82) is 0 Å². The van der Waals surface area contributed by atoms with Crippen molar-refractivity contribution in [3.63, 3.8) is 0 Å². The average Bonchev–Trinajstić information content (AvgIpc) is 2.39. The molecule has 0 aromatic rings. The van der Waals surface area contributed by atoms with Gasteiger partial charge < -0.3 is 5.32 Å². The third-order valence-corrected chi connectivity index (χ3v) is 3.70. The molecule has 1 amide bonds. The number of rotatable bonds is 5. The molecule has 0 radical (unpaired) electrons. The zero-order chi connectivity index (χ0) is 14.8. The van der Waals surface area contributed by atoms with Gasteiger partial charge in [0, 0.05) is 18.4 Å². The van der Waals surface area contributed by atoms with Crippen LogP contribution in [0.1, 0.15) is 73.1 Å². The van der Waals surface area contributed by atoms with Crippen LogP contribution in [0.2, 0.25) is 0 Å². The fourth-order valence-electron chi connectivity index (χ4n) is 2.58. The molecule has 19 heavy (non-hydrogen) atoms. The molecule has 0 aromatic carbocycles. The number of ketones is 1. The summed E-state index contributed by atoms with van der Waals surface area (Å²) in [5.41, 5.74) is 0. The van der Waals surface area contributed by atoms with E-state index < -0.39 is 0 Å². The van der Waals surface area contributed by atoms with Crippen LogP contribution in [-0.2, 0) is 9.59 Å². The molecule has 3 nitrogen and oxygen atoms in total. The Kier molecular flexibility index (Phi) is 9.54. The summed E-state index contributed by atoms with van der Waals surface area (Å²) in [4.78, 5) is 23.3. The van der Waals surface area contributed by atoms with Crippen LogP contribution < -0.4 is 5.32 Å². The number of nitrogens with one attached hydrogen (secondary N) is 1. The topological polar surface area (TPSA) is 46.2 Å². The van der Waals surface area contributed by atoms with Gasteiger partial charge in [-0.2, -0.15) is 0 Å². The van der Waals surface area contributed by atoms with Crippen LogP contribution in [0.3, 0.4) is 0 Å². The lowest BCUT2D eigenvalue weighted by atomic mass is 9.88. The number of Topliss-reactive ketones (excluding diaryl/α,β-unsaturated/α-hetero) is 1. The highest BCUT2D eigenvalue weighted by Gasteiger charge is 2.23. The normalized spacial score (nSPS) is 17.4. The molecule has 1 rings (SSSR count). The Bertz CT molecular complexity index is 268. The van der Waals surface area contributed by atoms with E-state index in [0.717, 1.165) is 12.8 Å². The minimum Gasteiger partial charge on any atom is -0.353 e. The highest BCUT2D eigenvalue weighted by atomic mass is 16.2. The summed E-state index contributed by atoms with van der Waals surface area (Å²) in [6.45, 7) is 9.58. The van der Waals surface area contributed by atoms with Gasteiger partial charge in [-0.3, -0.25) is 9.59 Å². The van der Waals surface area contributed by atoms with Crippen molar-refractivity contribution in [1.82, 2.24) is 5.32 Å². The number of hydrogen-bond acceptors (Lipinski definition) is 2. The molecule has 0 bridgehead atoms. The SMILES string of the molecule is CC.CC(=O)C(CC(=O)NC1CCCCC1)C(C)C. The van der Waals surface area contributed by atoms with Crippen molar-refractivity contribution in [2.45, 2.75) is 79.2 Å². The molecule has 0 saturated heterocycles. The van der Waals surface area contributed by atoms with Crippen LogP contribution >= 0.6 is 0 Å². The molecule has 0 heterocycles. The van der Waals surface area contributed by atoms with Gasteiger partial charge >= 0.3 is 0 Å². The second-order valence-electron chi connectivity index (χ2n) is 5.57. The first kappa shape index (κ1) is 18.1. The van der Waals surface area contributed by atoms with Gasteiger partial charge in [-0.25, -0.2) is 0 Å². The predicted molar refractivity (Wildman–Crippen MR) is 80.0 cm³/mol. The van der Waals surface area contributed by atoms with Crippen molar-refractivity contribution in [2.24, 2.45) is 11.8 Å². The molecule has 1 aliphatic carbocycles. The van der Waals surface area contributed by atoms with E-state index in [1.54, 1.807) is 6.92 Å². The van der Waals surface area contributed by atoms with Gasteiger partial charge in [0.25, 0.3) is 0 Å². The van der Waals surface area contributed by atoms with E-state index in [2.05, 4.69) is 5.32 Å². The predicted octanol–water partition coefficient (Wildman–Crippen LogP) is 3.71. The summed E-state index contributed by atoms with van der Waals surface area (Å²) in [5, 5.41) is 3.07. The summed E-state index contributed by atoms with van der Waals surface area (Å²) < 4.78 is 0. The van der Waals surface area contributed by atoms with Crippen LogP contribution in [0.15, 0.2) is 0 Å². The molecule has 1 N–H and O–H groups in total. The Morgan fingerprint density at radius 1 is 1.11 bits per heavy atom. The number of amides is 1. The van der Waals surface area contributed by atoms with Crippen molar-refractivity contribution in [3.05, 3.63) is 0 Å². The molecule has 1 saturated carbocycles. The van der Waals surface area contributed by atoms with E-state index in [0.29, 0.717) is 12.5 Å². The van der Waals surface area contributed by atoms with E-state index in [-0.39, 0.29) is 23.5 Å². The molecule has 112 valence electrons. The Labute approximate surface area is 118 Å². The van der Waals surface area contributed by atoms with E-state index in [1.165, 1.54) is 19.3 Å². The summed E-state index contributed by atoms with van der Waals surface area (Å²) in [7, 11) is 0. The van der Waals surface area contributed by atoms with Gasteiger partial charge in [0.05, 0.1) is 0 Å². The standard InChI is InChI=1S/C14H25NO2.C2H6/c1-10(2)13(11(3)16)9-14(17)15-12-7-5-4-6-8-12;1-2/h10,12-13H,4-9H2,1-3H3,(H,15,17);1-2H3. The van der Waals surface area contributed by atoms with Crippen molar-refractivity contribution in [2.75, 3.05) is 0 Å². The van der Waals surface area contributed by atoms with Crippen molar-refractivity contribution in [3.8, 4) is 0 Å². The van der Waals surface area contributed by atoms with Crippen molar-refractivity contribution >= 4 is 11.7 Å². The quantitative estimate of drug-likeness (QED) is 0.827. The largest absolute Gasteiger partial charge is 0.353 e. The molecule has 3 heteroatoms. The molecule has 1 atom stereocenters. The molecular weight excluding hydrogens is 238 g/mol. The van der Waals surface area contributed by atoms with Gasteiger partial charge in [-0.1, -0.05) is 47.0 Å². The highest BCUT2D eigenvalue weighted by molar-refractivity contribution is 5.85. The second-order valence-corrected chi connectivity index (χ2v) is 5.57. The minimum atomic E-state index is -0.126. The first-order chi connectivity index (χ1) is 9.00. The molecule has 1 aliphatic rings. The van der Waals surface area contributed by atoms with Gasteiger partial charge in [-0.15, -0.1) is 0 Å². The molecule has 0 aliphatic heterocycles. The van der Waals surface area contributed by atoms with Crippen LogP contribution in [-0.4, -0.2) is 17.7 Å². The number of hydrogen-bond donors (Lipinski definition) is 1. The third kappa shape index (κ3) is 7.34. The Morgan fingerprint density at radius 2 is 1.63 bits per heavy atom. The number of carbonyl (C=O) groups is 2. The van der Waals surface area contributed by atoms with Gasteiger partial charge in [0.1, 0.15) is 5.78 Å². The van der Waals surface area contributed by atoms with Gasteiger partial charge in [0.2, 0.25) is 5.91 Å².